The second kappa shape index (κ2) is 4.49. The molecule has 2 fully saturated rings. The summed E-state index contributed by atoms with van der Waals surface area (Å²) in [6, 6.07) is 3.33. The van der Waals surface area contributed by atoms with Crippen LogP contribution in [0.1, 0.15) is 16.8 Å². The second-order valence-corrected chi connectivity index (χ2v) is 7.98. The molecule has 5 nitrogen and oxygen atoms in total. The van der Waals surface area contributed by atoms with E-state index in [-0.39, 0.29) is 23.0 Å². The lowest BCUT2D eigenvalue weighted by Crippen LogP contribution is -2.44. The van der Waals surface area contributed by atoms with Crippen molar-refractivity contribution in [2.75, 3.05) is 18.6 Å². The van der Waals surface area contributed by atoms with Crippen LogP contribution in [-0.2, 0) is 9.84 Å². The zero-order valence-electron chi connectivity index (χ0n) is 10.4. The molecule has 19 heavy (non-hydrogen) atoms. The standard InChI is InChI=1S/C12H14N2O3S2/c1-18-11-10(3-2-4-13-11)12(15)14-6-9-5-8(14)7-19(9,16)17/h2-4,8-9H,5-7H2,1H3. The van der Waals surface area contributed by atoms with Crippen LogP contribution in [0, 0.1) is 0 Å². The minimum Gasteiger partial charge on any atom is -0.333 e. The van der Waals surface area contributed by atoms with Gasteiger partial charge in [-0.05, 0) is 24.8 Å². The highest BCUT2D eigenvalue weighted by Crippen LogP contribution is 2.34. The van der Waals surface area contributed by atoms with Crippen LogP contribution in [0.15, 0.2) is 23.4 Å². The van der Waals surface area contributed by atoms with E-state index >= 15 is 0 Å². The first-order valence-electron chi connectivity index (χ1n) is 6.04. The van der Waals surface area contributed by atoms with Crippen molar-refractivity contribution < 1.29 is 13.2 Å². The van der Waals surface area contributed by atoms with Crippen molar-refractivity contribution in [3.05, 3.63) is 23.9 Å². The van der Waals surface area contributed by atoms with Crippen LogP contribution in [-0.4, -0.2) is 54.1 Å². The number of aromatic nitrogens is 1. The molecular formula is C12H14N2O3S2. The molecule has 0 radical (unpaired) electrons. The maximum absolute atomic E-state index is 12.5. The van der Waals surface area contributed by atoms with Crippen LogP contribution in [0.3, 0.4) is 0 Å². The van der Waals surface area contributed by atoms with Gasteiger partial charge in [-0.1, -0.05) is 0 Å². The number of carbonyl (C=O) groups excluding carboxylic acids is 1. The average Bonchev–Trinajstić information content (AvgIpc) is 2.93. The lowest BCUT2D eigenvalue weighted by Gasteiger charge is -2.27. The predicted molar refractivity (Wildman–Crippen MR) is 73.0 cm³/mol. The SMILES string of the molecule is CSc1ncccc1C(=O)N1CC2CC1CS2(=O)=O. The molecule has 1 aromatic rings. The molecule has 1 aromatic heterocycles. The molecule has 0 saturated carbocycles. The highest BCUT2D eigenvalue weighted by atomic mass is 32.2. The summed E-state index contributed by atoms with van der Waals surface area (Å²) in [4.78, 5) is 18.4. The molecule has 2 bridgehead atoms. The van der Waals surface area contributed by atoms with Gasteiger partial charge < -0.3 is 4.90 Å². The van der Waals surface area contributed by atoms with Gasteiger partial charge in [0.2, 0.25) is 0 Å². The molecule has 2 unspecified atom stereocenters. The van der Waals surface area contributed by atoms with E-state index in [9.17, 15) is 13.2 Å². The van der Waals surface area contributed by atoms with Gasteiger partial charge in [0.25, 0.3) is 5.91 Å². The van der Waals surface area contributed by atoms with Crippen LogP contribution < -0.4 is 0 Å². The third-order valence-corrected chi connectivity index (χ3v) is 6.68. The van der Waals surface area contributed by atoms with Crippen LogP contribution in [0.2, 0.25) is 0 Å². The highest BCUT2D eigenvalue weighted by molar-refractivity contribution is 7.98. The Hall–Kier alpha value is -1.08. The first kappa shape index (κ1) is 12.9. The first-order chi connectivity index (χ1) is 9.03. The van der Waals surface area contributed by atoms with Crippen molar-refractivity contribution >= 4 is 27.5 Å². The van der Waals surface area contributed by atoms with Crippen molar-refractivity contribution in [2.24, 2.45) is 0 Å². The number of carbonyl (C=O) groups is 1. The van der Waals surface area contributed by atoms with Gasteiger partial charge in [-0.25, -0.2) is 13.4 Å². The van der Waals surface area contributed by atoms with Crippen molar-refractivity contribution in [3.8, 4) is 0 Å². The summed E-state index contributed by atoms with van der Waals surface area (Å²) in [6.07, 6.45) is 4.12. The molecule has 2 atom stereocenters. The highest BCUT2D eigenvalue weighted by Gasteiger charge is 2.50. The van der Waals surface area contributed by atoms with Gasteiger partial charge in [-0.15, -0.1) is 11.8 Å². The van der Waals surface area contributed by atoms with E-state index in [1.807, 2.05) is 6.26 Å². The van der Waals surface area contributed by atoms with Crippen molar-refractivity contribution in [1.82, 2.24) is 9.88 Å². The van der Waals surface area contributed by atoms with Gasteiger partial charge in [-0.3, -0.25) is 4.79 Å². The molecule has 0 N–H and O–H groups in total. The number of likely N-dealkylation sites (tertiary alicyclic amines) is 1. The summed E-state index contributed by atoms with van der Waals surface area (Å²) >= 11 is 1.43. The van der Waals surface area contributed by atoms with Gasteiger partial charge in [0.15, 0.2) is 9.84 Å². The zero-order valence-corrected chi connectivity index (χ0v) is 12.1. The number of pyridine rings is 1. The summed E-state index contributed by atoms with van der Waals surface area (Å²) in [7, 11) is -2.97. The average molecular weight is 298 g/mol. The molecule has 0 aliphatic carbocycles. The summed E-state index contributed by atoms with van der Waals surface area (Å²) in [5.74, 6) is 0.0120. The van der Waals surface area contributed by atoms with Crippen LogP contribution in [0.25, 0.3) is 0 Å². The Morgan fingerprint density at radius 2 is 2.32 bits per heavy atom. The molecule has 1 amide bonds. The Balaban J connectivity index is 1.87. The fraction of sp³-hybridized carbons (Fsp3) is 0.500. The minimum atomic E-state index is -2.97. The third kappa shape index (κ3) is 2.04. The summed E-state index contributed by atoms with van der Waals surface area (Å²) in [5.41, 5.74) is 0.569. The fourth-order valence-electron chi connectivity index (χ4n) is 2.82. The summed E-state index contributed by atoms with van der Waals surface area (Å²) in [6.45, 7) is 0.328. The molecule has 3 heterocycles. The number of fused-ring (bicyclic) bond motifs is 2. The normalized spacial score (nSPS) is 27.7. The van der Waals surface area contributed by atoms with Gasteiger partial charge in [0.1, 0.15) is 5.03 Å². The van der Waals surface area contributed by atoms with Gasteiger partial charge >= 0.3 is 0 Å². The number of rotatable bonds is 2. The van der Waals surface area contributed by atoms with E-state index < -0.39 is 9.84 Å². The topological polar surface area (TPSA) is 67.3 Å². The van der Waals surface area contributed by atoms with E-state index in [0.29, 0.717) is 23.6 Å². The lowest BCUT2D eigenvalue weighted by atomic mass is 10.2. The van der Waals surface area contributed by atoms with E-state index in [4.69, 9.17) is 0 Å². The van der Waals surface area contributed by atoms with E-state index in [1.165, 1.54) is 11.8 Å². The smallest absolute Gasteiger partial charge is 0.256 e. The van der Waals surface area contributed by atoms with Gasteiger partial charge in [0, 0.05) is 18.8 Å². The van der Waals surface area contributed by atoms with Gasteiger partial charge in [0.05, 0.1) is 16.6 Å². The molecule has 0 aromatic carbocycles. The Morgan fingerprint density at radius 3 is 2.89 bits per heavy atom. The van der Waals surface area contributed by atoms with E-state index in [1.54, 1.807) is 23.2 Å². The number of sulfone groups is 1. The number of amides is 1. The molecular weight excluding hydrogens is 284 g/mol. The Kier molecular flexibility index (Phi) is 3.05. The Morgan fingerprint density at radius 1 is 1.53 bits per heavy atom. The molecule has 2 aliphatic rings. The van der Waals surface area contributed by atoms with Crippen LogP contribution in [0.5, 0.6) is 0 Å². The van der Waals surface area contributed by atoms with Crippen LogP contribution in [0.4, 0.5) is 0 Å². The lowest BCUT2D eigenvalue weighted by molar-refractivity contribution is 0.0741. The first-order valence-corrected chi connectivity index (χ1v) is 8.98. The maximum Gasteiger partial charge on any atom is 0.256 e. The molecule has 0 spiro atoms. The molecule has 7 heteroatoms. The van der Waals surface area contributed by atoms with Crippen molar-refractivity contribution in [2.45, 2.75) is 22.7 Å². The van der Waals surface area contributed by atoms with Crippen molar-refractivity contribution in [3.63, 3.8) is 0 Å². The summed E-state index contributed by atoms with van der Waals surface area (Å²) < 4.78 is 23.4. The van der Waals surface area contributed by atoms with Crippen molar-refractivity contribution in [1.29, 1.82) is 0 Å². The fourth-order valence-corrected chi connectivity index (χ4v) is 5.38. The second-order valence-electron chi connectivity index (χ2n) is 4.86. The molecule has 2 aliphatic heterocycles. The quantitative estimate of drug-likeness (QED) is 0.756. The molecule has 102 valence electrons. The predicted octanol–water partition coefficient (Wildman–Crippen LogP) is 0.815. The largest absolute Gasteiger partial charge is 0.333 e. The number of thioether (sulfide) groups is 1. The number of hydrogen-bond acceptors (Lipinski definition) is 5. The minimum absolute atomic E-state index is 0.0974. The van der Waals surface area contributed by atoms with Crippen LogP contribution >= 0.6 is 11.8 Å². The monoisotopic (exact) mass is 298 g/mol. The molecule has 3 rings (SSSR count). The van der Waals surface area contributed by atoms with E-state index in [0.717, 1.165) is 0 Å². The zero-order chi connectivity index (χ0) is 13.6. The summed E-state index contributed by atoms with van der Waals surface area (Å²) in [5, 5.41) is 0.328. The van der Waals surface area contributed by atoms with E-state index in [2.05, 4.69) is 4.98 Å². The maximum atomic E-state index is 12.5. The Bertz CT molecular complexity index is 630. The molecule has 2 saturated heterocycles. The van der Waals surface area contributed by atoms with Gasteiger partial charge in [-0.2, -0.15) is 0 Å². The number of hydrogen-bond donors (Lipinski definition) is 0. The Labute approximate surface area is 116 Å². The third-order valence-electron chi connectivity index (χ3n) is 3.76. The number of nitrogens with zero attached hydrogens (tertiary/aromatic N) is 2.